The zero-order valence-electron chi connectivity index (χ0n) is 10.6. The first-order valence-electron chi connectivity index (χ1n) is 6.05. The second-order valence-electron chi connectivity index (χ2n) is 4.49. The Morgan fingerprint density at radius 1 is 1.50 bits per heavy atom. The molecule has 3 N–H and O–H groups in total. The number of aromatic nitrogens is 1. The highest BCUT2D eigenvalue weighted by Crippen LogP contribution is 2.11. The molecule has 7 heteroatoms. The Kier molecular flexibility index (Phi) is 4.65. The summed E-state index contributed by atoms with van der Waals surface area (Å²) in [7, 11) is 2.15. The molecule has 1 saturated heterocycles. The van der Waals surface area contributed by atoms with Gasteiger partial charge in [-0.05, 0) is 7.05 Å². The van der Waals surface area contributed by atoms with Gasteiger partial charge in [0.1, 0.15) is 5.69 Å². The molecule has 1 aliphatic heterocycles. The van der Waals surface area contributed by atoms with Crippen LogP contribution in [-0.2, 0) is 6.42 Å². The lowest BCUT2D eigenvalue weighted by Gasteiger charge is -2.32. The van der Waals surface area contributed by atoms with Crippen LogP contribution in [-0.4, -0.2) is 60.5 Å². The first-order valence-corrected chi connectivity index (χ1v) is 6.93. The van der Waals surface area contributed by atoms with E-state index in [9.17, 15) is 4.79 Å². The Bertz CT molecular complexity index is 400. The summed E-state index contributed by atoms with van der Waals surface area (Å²) in [5.74, 6) is 4.75. The number of thiazole rings is 1. The molecule has 2 heterocycles. The van der Waals surface area contributed by atoms with Crippen LogP contribution in [0.1, 0.15) is 15.5 Å². The van der Waals surface area contributed by atoms with Crippen LogP contribution in [0.5, 0.6) is 0 Å². The summed E-state index contributed by atoms with van der Waals surface area (Å²) in [6.07, 6.45) is 0.895. The predicted molar refractivity (Wildman–Crippen MR) is 71.4 cm³/mol. The van der Waals surface area contributed by atoms with Gasteiger partial charge in [0.25, 0.3) is 5.91 Å². The van der Waals surface area contributed by atoms with E-state index in [0.717, 1.165) is 44.2 Å². The number of likely N-dealkylation sites (N-methyl/N-ethyl adjacent to an activating group) is 1. The van der Waals surface area contributed by atoms with Gasteiger partial charge in [-0.1, -0.05) is 0 Å². The summed E-state index contributed by atoms with van der Waals surface area (Å²) in [6, 6.07) is 0. The molecule has 2 rings (SSSR count). The molecule has 0 atom stereocenters. The highest BCUT2D eigenvalue weighted by Gasteiger charge is 2.14. The second kappa shape index (κ2) is 6.24. The first kappa shape index (κ1) is 13.4. The fraction of sp³-hybridized carbons (Fsp3) is 0.636. The number of nitrogens with two attached hydrogens (primary N) is 1. The highest BCUT2D eigenvalue weighted by atomic mass is 32.1. The van der Waals surface area contributed by atoms with Crippen LogP contribution < -0.4 is 11.3 Å². The number of nitrogens with zero attached hydrogens (tertiary/aromatic N) is 3. The average molecular weight is 269 g/mol. The third kappa shape index (κ3) is 3.49. The van der Waals surface area contributed by atoms with Crippen molar-refractivity contribution in [3.8, 4) is 0 Å². The standard InChI is InChI=1S/C11H19N5OS/c1-15-4-6-16(7-5-15)3-2-10-13-9(8-18-10)11(17)14-12/h8H,2-7,12H2,1H3,(H,14,17). The molecule has 1 aliphatic rings. The number of amides is 1. The lowest BCUT2D eigenvalue weighted by atomic mass is 10.3. The predicted octanol–water partition coefficient (Wildman–Crippen LogP) is -0.463. The topological polar surface area (TPSA) is 74.5 Å². The molecular weight excluding hydrogens is 250 g/mol. The Balaban J connectivity index is 1.79. The molecule has 0 bridgehead atoms. The number of hydrogen-bond donors (Lipinski definition) is 2. The SMILES string of the molecule is CN1CCN(CCc2nc(C(=O)NN)cs2)CC1. The minimum atomic E-state index is -0.322. The van der Waals surface area contributed by atoms with Crippen LogP contribution >= 0.6 is 11.3 Å². The number of carbonyl (C=O) groups excluding carboxylic acids is 1. The summed E-state index contributed by atoms with van der Waals surface area (Å²) in [4.78, 5) is 20.3. The van der Waals surface area contributed by atoms with Crippen LogP contribution in [0.4, 0.5) is 0 Å². The number of nitrogens with one attached hydrogen (secondary N) is 1. The van der Waals surface area contributed by atoms with Crippen molar-refractivity contribution < 1.29 is 4.79 Å². The van der Waals surface area contributed by atoms with E-state index in [2.05, 4.69) is 27.3 Å². The van der Waals surface area contributed by atoms with Crippen molar-refractivity contribution in [2.75, 3.05) is 39.8 Å². The van der Waals surface area contributed by atoms with E-state index in [1.807, 2.05) is 0 Å². The molecule has 0 radical (unpaired) electrons. The lowest BCUT2D eigenvalue weighted by molar-refractivity contribution is 0.0949. The summed E-state index contributed by atoms with van der Waals surface area (Å²) in [5, 5.41) is 2.74. The number of hydrazine groups is 1. The quantitative estimate of drug-likeness (QED) is 0.439. The molecule has 0 aliphatic carbocycles. The maximum Gasteiger partial charge on any atom is 0.284 e. The zero-order chi connectivity index (χ0) is 13.0. The second-order valence-corrected chi connectivity index (χ2v) is 5.44. The van der Waals surface area contributed by atoms with Crippen molar-refractivity contribution in [1.82, 2.24) is 20.2 Å². The van der Waals surface area contributed by atoms with Gasteiger partial charge in [0, 0.05) is 44.5 Å². The first-order chi connectivity index (χ1) is 8.69. The van der Waals surface area contributed by atoms with Crippen molar-refractivity contribution in [3.05, 3.63) is 16.1 Å². The number of rotatable bonds is 4. The van der Waals surface area contributed by atoms with Crippen molar-refractivity contribution in [2.24, 2.45) is 5.84 Å². The van der Waals surface area contributed by atoms with Gasteiger partial charge in [0.15, 0.2) is 0 Å². The van der Waals surface area contributed by atoms with Crippen LogP contribution in [0.3, 0.4) is 0 Å². The van der Waals surface area contributed by atoms with Crippen molar-refractivity contribution in [2.45, 2.75) is 6.42 Å². The molecule has 18 heavy (non-hydrogen) atoms. The molecule has 6 nitrogen and oxygen atoms in total. The van der Waals surface area contributed by atoms with Crippen LogP contribution in [0.25, 0.3) is 0 Å². The van der Waals surface area contributed by atoms with Crippen LogP contribution in [0.15, 0.2) is 5.38 Å². The third-order valence-electron chi connectivity index (χ3n) is 3.15. The Morgan fingerprint density at radius 2 is 2.22 bits per heavy atom. The van der Waals surface area contributed by atoms with Crippen LogP contribution in [0, 0.1) is 0 Å². The Labute approximate surface area is 111 Å². The Morgan fingerprint density at radius 3 is 2.89 bits per heavy atom. The molecular formula is C11H19N5OS. The molecule has 0 saturated carbocycles. The summed E-state index contributed by atoms with van der Waals surface area (Å²) in [5.41, 5.74) is 2.51. The van der Waals surface area contributed by atoms with Gasteiger partial charge in [-0.2, -0.15) is 0 Å². The molecule has 1 fully saturated rings. The van der Waals surface area contributed by atoms with E-state index in [-0.39, 0.29) is 5.91 Å². The van der Waals surface area contributed by atoms with E-state index in [1.165, 1.54) is 11.3 Å². The van der Waals surface area contributed by atoms with E-state index >= 15 is 0 Å². The van der Waals surface area contributed by atoms with E-state index < -0.39 is 0 Å². The molecule has 0 aromatic carbocycles. The third-order valence-corrected chi connectivity index (χ3v) is 4.06. The van der Waals surface area contributed by atoms with Gasteiger partial charge in [-0.3, -0.25) is 10.2 Å². The average Bonchev–Trinajstić information content (AvgIpc) is 2.86. The number of nitrogen functional groups attached to an aromatic ring is 1. The van der Waals surface area contributed by atoms with Crippen LogP contribution in [0.2, 0.25) is 0 Å². The number of piperazine rings is 1. The molecule has 1 amide bonds. The van der Waals surface area contributed by atoms with E-state index in [0.29, 0.717) is 5.69 Å². The number of hydrogen-bond acceptors (Lipinski definition) is 6. The maximum absolute atomic E-state index is 11.3. The van der Waals surface area contributed by atoms with E-state index in [4.69, 9.17) is 5.84 Å². The van der Waals surface area contributed by atoms with Crippen molar-refractivity contribution in [1.29, 1.82) is 0 Å². The molecule has 0 spiro atoms. The van der Waals surface area contributed by atoms with Gasteiger partial charge < -0.3 is 9.80 Å². The summed E-state index contributed by atoms with van der Waals surface area (Å²) in [6.45, 7) is 5.47. The van der Waals surface area contributed by atoms with Gasteiger partial charge in [-0.15, -0.1) is 11.3 Å². The largest absolute Gasteiger partial charge is 0.304 e. The fourth-order valence-corrected chi connectivity index (χ4v) is 2.70. The number of carbonyl (C=O) groups is 1. The normalized spacial score (nSPS) is 17.9. The minimum Gasteiger partial charge on any atom is -0.304 e. The van der Waals surface area contributed by atoms with Gasteiger partial charge in [-0.25, -0.2) is 10.8 Å². The monoisotopic (exact) mass is 269 g/mol. The van der Waals surface area contributed by atoms with Gasteiger partial charge >= 0.3 is 0 Å². The fourth-order valence-electron chi connectivity index (χ4n) is 1.93. The molecule has 1 aromatic rings. The lowest BCUT2D eigenvalue weighted by Crippen LogP contribution is -2.45. The highest BCUT2D eigenvalue weighted by molar-refractivity contribution is 7.09. The van der Waals surface area contributed by atoms with Gasteiger partial charge in [0.05, 0.1) is 5.01 Å². The van der Waals surface area contributed by atoms with E-state index in [1.54, 1.807) is 5.38 Å². The van der Waals surface area contributed by atoms with Crippen molar-refractivity contribution in [3.63, 3.8) is 0 Å². The zero-order valence-corrected chi connectivity index (χ0v) is 11.4. The Hall–Kier alpha value is -1.02. The molecule has 100 valence electrons. The van der Waals surface area contributed by atoms with Crippen molar-refractivity contribution >= 4 is 17.2 Å². The maximum atomic E-state index is 11.3. The smallest absolute Gasteiger partial charge is 0.284 e. The van der Waals surface area contributed by atoms with Gasteiger partial charge in [0.2, 0.25) is 0 Å². The molecule has 0 unspecified atom stereocenters. The minimum absolute atomic E-state index is 0.322. The summed E-state index contributed by atoms with van der Waals surface area (Å²) < 4.78 is 0. The molecule has 1 aromatic heterocycles. The summed E-state index contributed by atoms with van der Waals surface area (Å²) >= 11 is 1.52.